The van der Waals surface area contributed by atoms with Crippen molar-refractivity contribution >= 4 is 40.6 Å². The molecule has 0 radical (unpaired) electrons. The molecule has 7 nitrogen and oxygen atoms in total. The normalized spacial score (nSPS) is 13.8. The zero-order valence-corrected chi connectivity index (χ0v) is 18.0. The molecule has 164 valence electrons. The summed E-state index contributed by atoms with van der Waals surface area (Å²) >= 11 is 12.4. The Morgan fingerprint density at radius 3 is 2.59 bits per heavy atom. The van der Waals surface area contributed by atoms with Gasteiger partial charge < -0.3 is 5.32 Å². The van der Waals surface area contributed by atoms with Crippen LogP contribution in [-0.4, -0.2) is 30.3 Å². The molecule has 11 heteroatoms. The molecular formula is C21H16Cl2F2N6O. The lowest BCUT2D eigenvalue weighted by molar-refractivity contribution is 0.102. The van der Waals surface area contributed by atoms with Crippen molar-refractivity contribution in [2.24, 2.45) is 0 Å². The second-order valence-electron chi connectivity index (χ2n) is 7.53. The van der Waals surface area contributed by atoms with Crippen LogP contribution in [-0.2, 0) is 6.54 Å². The molecule has 0 bridgehead atoms. The van der Waals surface area contributed by atoms with Crippen molar-refractivity contribution in [3.05, 3.63) is 75.3 Å². The van der Waals surface area contributed by atoms with E-state index in [1.807, 2.05) is 0 Å². The van der Waals surface area contributed by atoms with Crippen LogP contribution in [0.3, 0.4) is 0 Å². The Balaban J connectivity index is 1.37. The minimum atomic E-state index is -2.74. The minimum Gasteiger partial charge on any atom is -0.304 e. The van der Waals surface area contributed by atoms with Gasteiger partial charge in [-0.05, 0) is 31.0 Å². The molecule has 1 aliphatic carbocycles. The van der Waals surface area contributed by atoms with Crippen LogP contribution in [0.2, 0.25) is 10.0 Å². The molecule has 32 heavy (non-hydrogen) atoms. The van der Waals surface area contributed by atoms with Gasteiger partial charge in [-0.15, -0.1) is 0 Å². The Morgan fingerprint density at radius 1 is 1.16 bits per heavy atom. The average Bonchev–Trinajstić information content (AvgIpc) is 3.36. The van der Waals surface area contributed by atoms with E-state index in [0.29, 0.717) is 27.8 Å². The molecule has 0 spiro atoms. The highest BCUT2D eigenvalue weighted by Gasteiger charge is 2.28. The molecule has 1 aromatic carbocycles. The van der Waals surface area contributed by atoms with Crippen molar-refractivity contribution < 1.29 is 13.6 Å². The molecule has 4 aromatic rings. The van der Waals surface area contributed by atoms with Crippen LogP contribution < -0.4 is 5.32 Å². The third-order valence-electron chi connectivity index (χ3n) is 5.19. The highest BCUT2D eigenvalue weighted by Crippen LogP contribution is 2.40. The van der Waals surface area contributed by atoms with Gasteiger partial charge in [0, 0.05) is 45.6 Å². The first-order chi connectivity index (χ1) is 15.4. The Hall–Kier alpha value is -3.04. The summed E-state index contributed by atoms with van der Waals surface area (Å²) in [5, 5.41) is 12.0. The van der Waals surface area contributed by atoms with E-state index in [2.05, 4.69) is 20.5 Å². The van der Waals surface area contributed by atoms with Crippen LogP contribution >= 0.6 is 23.2 Å². The maximum atomic E-state index is 13.5. The number of nitrogens with zero attached hydrogens (tertiary/aromatic N) is 5. The number of hydrogen-bond donors (Lipinski definition) is 1. The second kappa shape index (κ2) is 8.14. The molecule has 1 N–H and O–H groups in total. The lowest BCUT2D eigenvalue weighted by atomic mass is 10.2. The smallest absolute Gasteiger partial charge is 0.280 e. The van der Waals surface area contributed by atoms with E-state index in [9.17, 15) is 13.6 Å². The number of anilines is 1. The summed E-state index contributed by atoms with van der Waals surface area (Å²) in [5.41, 5.74) is 1.22. The van der Waals surface area contributed by atoms with E-state index < -0.39 is 12.3 Å². The average molecular weight is 477 g/mol. The number of amides is 1. The maximum Gasteiger partial charge on any atom is 0.280 e. The molecule has 1 aliphatic rings. The molecule has 0 atom stereocenters. The topological polar surface area (TPSA) is 77.1 Å². The first-order valence-electron chi connectivity index (χ1n) is 9.85. The largest absolute Gasteiger partial charge is 0.304 e. The first kappa shape index (κ1) is 20.8. The van der Waals surface area contributed by atoms with Gasteiger partial charge >= 0.3 is 0 Å². The molecule has 3 heterocycles. The monoisotopic (exact) mass is 476 g/mol. The fourth-order valence-corrected chi connectivity index (χ4v) is 3.93. The summed E-state index contributed by atoms with van der Waals surface area (Å²) in [6.07, 6.45) is 0.781. The van der Waals surface area contributed by atoms with E-state index >= 15 is 0 Å². The van der Waals surface area contributed by atoms with Gasteiger partial charge in [0.1, 0.15) is 5.69 Å². The van der Waals surface area contributed by atoms with Crippen LogP contribution in [0.4, 0.5) is 14.6 Å². The zero-order chi connectivity index (χ0) is 22.4. The number of rotatable bonds is 6. The minimum absolute atomic E-state index is 0.0314. The molecular weight excluding hydrogens is 461 g/mol. The van der Waals surface area contributed by atoms with Crippen LogP contribution in [0.1, 0.15) is 52.6 Å². The number of fused-ring (bicyclic) bond motifs is 1. The zero-order valence-electron chi connectivity index (χ0n) is 16.5. The number of aromatic nitrogens is 5. The van der Waals surface area contributed by atoms with Gasteiger partial charge in [-0.2, -0.15) is 10.2 Å². The van der Waals surface area contributed by atoms with Crippen LogP contribution in [0.5, 0.6) is 0 Å². The molecule has 5 rings (SSSR count). The SMILES string of the molecule is O=C(Nc1ccn(Cc2c(Cl)cccc2Cl)n1)c1cc2nc(C3CC3)cc(C(F)F)n2n1. The van der Waals surface area contributed by atoms with Gasteiger partial charge in [0.15, 0.2) is 17.2 Å². The maximum absolute atomic E-state index is 13.5. The Morgan fingerprint density at radius 2 is 1.91 bits per heavy atom. The van der Waals surface area contributed by atoms with Crippen LogP contribution in [0.25, 0.3) is 5.65 Å². The number of carbonyl (C=O) groups excluding carboxylic acids is 1. The lowest BCUT2D eigenvalue weighted by Gasteiger charge is -2.07. The highest BCUT2D eigenvalue weighted by molar-refractivity contribution is 6.35. The Labute approximate surface area is 191 Å². The first-order valence-corrected chi connectivity index (χ1v) is 10.6. The third kappa shape index (κ3) is 4.05. The van der Waals surface area contributed by atoms with Crippen molar-refractivity contribution in [1.82, 2.24) is 24.4 Å². The highest BCUT2D eigenvalue weighted by atomic mass is 35.5. The number of hydrogen-bond acceptors (Lipinski definition) is 4. The number of nitrogens with one attached hydrogen (secondary N) is 1. The van der Waals surface area contributed by atoms with Crippen LogP contribution in [0.15, 0.2) is 42.6 Å². The fourth-order valence-electron chi connectivity index (χ4n) is 3.41. The van der Waals surface area contributed by atoms with E-state index in [1.165, 1.54) is 12.1 Å². The second-order valence-corrected chi connectivity index (χ2v) is 8.35. The van der Waals surface area contributed by atoms with E-state index in [1.54, 1.807) is 35.1 Å². The Bertz CT molecular complexity index is 1310. The van der Waals surface area contributed by atoms with Gasteiger partial charge in [-0.1, -0.05) is 29.3 Å². The predicted octanol–water partition coefficient (Wildman–Crippen LogP) is 5.35. The summed E-state index contributed by atoms with van der Waals surface area (Å²) in [4.78, 5) is 17.1. The number of alkyl halides is 2. The van der Waals surface area contributed by atoms with Crippen molar-refractivity contribution in [3.63, 3.8) is 0 Å². The van der Waals surface area contributed by atoms with Crippen molar-refractivity contribution in [2.75, 3.05) is 5.32 Å². The van der Waals surface area contributed by atoms with Gasteiger partial charge in [-0.3, -0.25) is 9.48 Å². The molecule has 1 fully saturated rings. The van der Waals surface area contributed by atoms with Gasteiger partial charge in [-0.25, -0.2) is 18.3 Å². The molecule has 0 unspecified atom stereocenters. The van der Waals surface area contributed by atoms with E-state index in [4.69, 9.17) is 23.2 Å². The summed E-state index contributed by atoms with van der Waals surface area (Å²) in [6, 6.07) is 9.58. The molecule has 1 amide bonds. The molecule has 3 aromatic heterocycles. The number of halogens is 4. The van der Waals surface area contributed by atoms with Crippen molar-refractivity contribution in [2.45, 2.75) is 31.7 Å². The van der Waals surface area contributed by atoms with E-state index in [0.717, 1.165) is 17.4 Å². The summed E-state index contributed by atoms with van der Waals surface area (Å²) < 4.78 is 29.7. The number of carbonyl (C=O) groups is 1. The van der Waals surface area contributed by atoms with E-state index in [-0.39, 0.29) is 28.8 Å². The fraction of sp³-hybridized carbons (Fsp3) is 0.238. The molecule has 0 saturated heterocycles. The van der Waals surface area contributed by atoms with Crippen molar-refractivity contribution in [3.8, 4) is 0 Å². The summed E-state index contributed by atoms with van der Waals surface area (Å²) in [6.45, 7) is 0.314. The summed E-state index contributed by atoms with van der Waals surface area (Å²) in [5.74, 6) is -0.110. The predicted molar refractivity (Wildman–Crippen MR) is 116 cm³/mol. The number of benzene rings is 1. The van der Waals surface area contributed by atoms with Gasteiger partial charge in [0.25, 0.3) is 12.3 Å². The molecule has 1 saturated carbocycles. The lowest BCUT2D eigenvalue weighted by Crippen LogP contribution is -2.14. The molecule has 0 aliphatic heterocycles. The quantitative estimate of drug-likeness (QED) is 0.406. The van der Waals surface area contributed by atoms with Crippen LogP contribution in [0, 0.1) is 0 Å². The summed E-state index contributed by atoms with van der Waals surface area (Å²) in [7, 11) is 0. The third-order valence-corrected chi connectivity index (χ3v) is 5.90. The van der Waals surface area contributed by atoms with Gasteiger partial charge in [0.05, 0.1) is 6.54 Å². The Kier molecular flexibility index (Phi) is 5.30. The van der Waals surface area contributed by atoms with Gasteiger partial charge in [0.2, 0.25) is 0 Å². The standard InChI is InChI=1S/C21H16Cl2F2N6O/c22-13-2-1-3-14(23)12(13)10-30-7-6-18(29-30)27-21(32)16-9-19-26-15(11-4-5-11)8-17(20(24)25)31(19)28-16/h1-3,6-9,11,20H,4-5,10H2,(H,27,29,32). The van der Waals surface area contributed by atoms with Crippen molar-refractivity contribution in [1.29, 1.82) is 0 Å².